The van der Waals surface area contributed by atoms with Gasteiger partial charge in [-0.2, -0.15) is 0 Å². The van der Waals surface area contributed by atoms with Crippen molar-refractivity contribution in [3.8, 4) is 5.75 Å². The van der Waals surface area contributed by atoms with Gasteiger partial charge in [-0.3, -0.25) is 0 Å². The highest BCUT2D eigenvalue weighted by molar-refractivity contribution is 7.89. The molecule has 0 aromatic heterocycles. The first-order valence-electron chi connectivity index (χ1n) is 6.42. The standard InChI is InChI=1S/C15H13Cl2NO4S/c1-18(2)23(20,21)11-6-3-5-10(9-11)15(19)22-13-8-4-7-12(16)14(13)17/h3-9H,1-2H3. The molecule has 0 fully saturated rings. The number of hydrogen-bond acceptors (Lipinski definition) is 4. The fourth-order valence-electron chi connectivity index (χ4n) is 1.72. The third-order valence-electron chi connectivity index (χ3n) is 2.97. The van der Waals surface area contributed by atoms with E-state index < -0.39 is 16.0 Å². The van der Waals surface area contributed by atoms with Crippen molar-refractivity contribution in [1.82, 2.24) is 4.31 Å². The number of hydrogen-bond donors (Lipinski definition) is 0. The highest BCUT2D eigenvalue weighted by Gasteiger charge is 2.20. The molecule has 0 saturated heterocycles. The third kappa shape index (κ3) is 3.84. The van der Waals surface area contributed by atoms with Crippen molar-refractivity contribution in [1.29, 1.82) is 0 Å². The third-order valence-corrected chi connectivity index (χ3v) is 5.58. The summed E-state index contributed by atoms with van der Waals surface area (Å²) in [6.45, 7) is 0. The zero-order valence-electron chi connectivity index (χ0n) is 12.3. The molecule has 2 aromatic carbocycles. The van der Waals surface area contributed by atoms with Gasteiger partial charge in [-0.1, -0.05) is 35.3 Å². The first-order valence-corrected chi connectivity index (χ1v) is 8.62. The minimum atomic E-state index is -3.64. The number of carbonyl (C=O) groups excluding carboxylic acids is 1. The molecule has 23 heavy (non-hydrogen) atoms. The SMILES string of the molecule is CN(C)S(=O)(=O)c1cccc(C(=O)Oc2cccc(Cl)c2Cl)c1. The van der Waals surface area contributed by atoms with E-state index in [0.717, 1.165) is 4.31 Å². The predicted octanol–water partition coefficient (Wildman–Crippen LogP) is 3.46. The molecule has 0 amide bonds. The Hall–Kier alpha value is -1.60. The Balaban J connectivity index is 2.33. The average molecular weight is 374 g/mol. The lowest BCUT2D eigenvalue weighted by atomic mass is 10.2. The van der Waals surface area contributed by atoms with Crippen LogP contribution in [0.4, 0.5) is 0 Å². The Morgan fingerprint density at radius 2 is 1.74 bits per heavy atom. The molecular formula is C15H13Cl2NO4S. The van der Waals surface area contributed by atoms with Crippen molar-refractivity contribution in [2.75, 3.05) is 14.1 Å². The van der Waals surface area contributed by atoms with E-state index in [1.165, 1.54) is 44.4 Å². The summed E-state index contributed by atoms with van der Waals surface area (Å²) in [5.74, 6) is -0.630. The maximum absolute atomic E-state index is 12.2. The molecule has 5 nitrogen and oxygen atoms in total. The van der Waals surface area contributed by atoms with Crippen molar-refractivity contribution < 1.29 is 17.9 Å². The Morgan fingerprint density at radius 3 is 2.39 bits per heavy atom. The molecule has 0 heterocycles. The maximum atomic E-state index is 12.2. The van der Waals surface area contributed by atoms with E-state index in [1.807, 2.05) is 0 Å². The number of ether oxygens (including phenoxy) is 1. The van der Waals surface area contributed by atoms with Crippen molar-refractivity contribution in [2.24, 2.45) is 0 Å². The number of benzene rings is 2. The highest BCUT2D eigenvalue weighted by atomic mass is 35.5. The van der Waals surface area contributed by atoms with Gasteiger partial charge in [0.15, 0.2) is 5.75 Å². The van der Waals surface area contributed by atoms with E-state index in [2.05, 4.69) is 0 Å². The molecule has 0 saturated carbocycles. The van der Waals surface area contributed by atoms with Gasteiger partial charge in [0.2, 0.25) is 10.0 Å². The molecular weight excluding hydrogens is 361 g/mol. The Labute approximate surface area is 144 Å². The average Bonchev–Trinajstić information content (AvgIpc) is 2.51. The summed E-state index contributed by atoms with van der Waals surface area (Å²) in [6.07, 6.45) is 0. The van der Waals surface area contributed by atoms with Crippen LogP contribution >= 0.6 is 23.2 Å². The number of rotatable bonds is 4. The van der Waals surface area contributed by atoms with Crippen LogP contribution in [0.2, 0.25) is 10.0 Å². The minimum Gasteiger partial charge on any atom is -0.421 e. The van der Waals surface area contributed by atoms with Crippen LogP contribution in [-0.2, 0) is 10.0 Å². The highest BCUT2D eigenvalue weighted by Crippen LogP contribution is 2.32. The van der Waals surface area contributed by atoms with Crippen molar-refractivity contribution >= 4 is 39.2 Å². The summed E-state index contributed by atoms with van der Waals surface area (Å²) in [4.78, 5) is 12.2. The quantitative estimate of drug-likeness (QED) is 0.607. The topological polar surface area (TPSA) is 63.7 Å². The molecule has 0 N–H and O–H groups in total. The van der Waals surface area contributed by atoms with E-state index >= 15 is 0 Å². The van der Waals surface area contributed by atoms with Crippen molar-refractivity contribution in [3.63, 3.8) is 0 Å². The molecule has 0 radical (unpaired) electrons. The molecule has 2 rings (SSSR count). The lowest BCUT2D eigenvalue weighted by molar-refractivity contribution is 0.0734. The van der Waals surface area contributed by atoms with Crippen LogP contribution in [0.15, 0.2) is 47.4 Å². The predicted molar refractivity (Wildman–Crippen MR) is 88.7 cm³/mol. The summed E-state index contributed by atoms with van der Waals surface area (Å²) in [5.41, 5.74) is 0.0870. The minimum absolute atomic E-state index is 0.00542. The fourth-order valence-corrected chi connectivity index (χ4v) is 2.99. The lowest BCUT2D eigenvalue weighted by Crippen LogP contribution is -2.22. The molecule has 0 atom stereocenters. The number of nitrogens with zero attached hydrogens (tertiary/aromatic N) is 1. The largest absolute Gasteiger partial charge is 0.421 e. The monoisotopic (exact) mass is 373 g/mol. The van der Waals surface area contributed by atoms with Gasteiger partial charge in [0.05, 0.1) is 15.5 Å². The molecule has 122 valence electrons. The Bertz CT molecular complexity index is 850. The molecule has 0 bridgehead atoms. The van der Waals surface area contributed by atoms with Gasteiger partial charge in [-0.05, 0) is 30.3 Å². The normalized spacial score (nSPS) is 11.5. The summed E-state index contributed by atoms with van der Waals surface area (Å²) in [6, 6.07) is 10.2. The van der Waals surface area contributed by atoms with E-state index in [-0.39, 0.29) is 26.3 Å². The molecule has 0 aliphatic carbocycles. The maximum Gasteiger partial charge on any atom is 0.343 e. The van der Waals surface area contributed by atoms with Gasteiger partial charge in [-0.15, -0.1) is 0 Å². The zero-order valence-corrected chi connectivity index (χ0v) is 14.6. The van der Waals surface area contributed by atoms with E-state index in [1.54, 1.807) is 12.1 Å². The van der Waals surface area contributed by atoms with Gasteiger partial charge < -0.3 is 4.74 Å². The molecule has 0 aliphatic heterocycles. The van der Waals surface area contributed by atoms with Gasteiger partial charge >= 0.3 is 5.97 Å². The van der Waals surface area contributed by atoms with Gasteiger partial charge in [0.1, 0.15) is 5.02 Å². The fraction of sp³-hybridized carbons (Fsp3) is 0.133. The van der Waals surface area contributed by atoms with Crippen LogP contribution in [0.3, 0.4) is 0 Å². The van der Waals surface area contributed by atoms with Crippen LogP contribution < -0.4 is 4.74 Å². The molecule has 0 spiro atoms. The van der Waals surface area contributed by atoms with Gasteiger partial charge in [-0.25, -0.2) is 17.5 Å². The van der Waals surface area contributed by atoms with Gasteiger partial charge in [0, 0.05) is 14.1 Å². The summed E-state index contributed by atoms with van der Waals surface area (Å²) >= 11 is 11.8. The van der Waals surface area contributed by atoms with Crippen LogP contribution in [-0.4, -0.2) is 32.8 Å². The van der Waals surface area contributed by atoms with Crippen LogP contribution in [0.5, 0.6) is 5.75 Å². The van der Waals surface area contributed by atoms with Crippen LogP contribution in [0, 0.1) is 0 Å². The van der Waals surface area contributed by atoms with Gasteiger partial charge in [0.25, 0.3) is 0 Å². The number of sulfonamides is 1. The summed E-state index contributed by atoms with van der Waals surface area (Å²) in [5, 5.41) is 0.362. The van der Waals surface area contributed by atoms with E-state index in [9.17, 15) is 13.2 Å². The second-order valence-electron chi connectivity index (χ2n) is 4.76. The first-order chi connectivity index (χ1) is 10.7. The van der Waals surface area contributed by atoms with Crippen LogP contribution in [0.1, 0.15) is 10.4 Å². The zero-order chi connectivity index (χ0) is 17.2. The second-order valence-corrected chi connectivity index (χ2v) is 7.69. The molecule has 2 aromatic rings. The molecule has 0 unspecified atom stereocenters. The van der Waals surface area contributed by atoms with Crippen LogP contribution in [0.25, 0.3) is 0 Å². The summed E-state index contributed by atoms with van der Waals surface area (Å²) in [7, 11) is -0.825. The summed E-state index contributed by atoms with van der Waals surface area (Å²) < 4.78 is 30.4. The molecule has 8 heteroatoms. The number of halogens is 2. The van der Waals surface area contributed by atoms with Crippen molar-refractivity contribution in [3.05, 3.63) is 58.1 Å². The Kier molecular flexibility index (Phi) is 5.31. The smallest absolute Gasteiger partial charge is 0.343 e. The van der Waals surface area contributed by atoms with E-state index in [4.69, 9.17) is 27.9 Å². The van der Waals surface area contributed by atoms with E-state index in [0.29, 0.717) is 0 Å². The number of carbonyl (C=O) groups is 1. The number of esters is 1. The molecule has 0 aliphatic rings. The first kappa shape index (κ1) is 17.7. The second kappa shape index (κ2) is 6.88. The van der Waals surface area contributed by atoms with Crippen molar-refractivity contribution in [2.45, 2.75) is 4.90 Å². The lowest BCUT2D eigenvalue weighted by Gasteiger charge is -2.12. The Morgan fingerprint density at radius 1 is 1.09 bits per heavy atom.